The zero-order valence-corrected chi connectivity index (χ0v) is 15.3. The minimum Gasteiger partial charge on any atom is -0.376 e. The summed E-state index contributed by atoms with van der Waals surface area (Å²) in [6.07, 6.45) is 3.72. The van der Waals surface area contributed by atoms with E-state index in [1.54, 1.807) is 6.20 Å². The van der Waals surface area contributed by atoms with Gasteiger partial charge in [-0.15, -0.1) is 0 Å². The van der Waals surface area contributed by atoms with Crippen molar-refractivity contribution in [1.29, 1.82) is 0 Å². The number of morpholine rings is 1. The van der Waals surface area contributed by atoms with Crippen molar-refractivity contribution >= 4 is 5.69 Å². The van der Waals surface area contributed by atoms with E-state index < -0.39 is 0 Å². The molecule has 0 amide bonds. The quantitative estimate of drug-likeness (QED) is 0.839. The number of aryl methyl sites for hydroxylation is 1. The minimum atomic E-state index is -0.311. The molecule has 0 aromatic carbocycles. The predicted octanol–water partition coefficient (Wildman–Crippen LogP) is 1.89. The third-order valence-corrected chi connectivity index (χ3v) is 5.02. The van der Waals surface area contributed by atoms with Gasteiger partial charge in [-0.05, 0) is 31.2 Å². The standard InChI is InChI=1S/C20H26N4O2/c1-17-4-2-5-18(22-17)13-23-8-11-26-20(14-23)15-24(9-10-25-16-20)19-6-3-7-21-12-19/h2-7,12H,8-11,13-16H2,1H3. The van der Waals surface area contributed by atoms with E-state index in [4.69, 9.17) is 9.47 Å². The minimum absolute atomic E-state index is 0.311. The van der Waals surface area contributed by atoms with Crippen LogP contribution in [0.1, 0.15) is 11.4 Å². The lowest BCUT2D eigenvalue weighted by molar-refractivity contribution is -0.134. The van der Waals surface area contributed by atoms with Crippen LogP contribution in [0.3, 0.4) is 0 Å². The summed E-state index contributed by atoms with van der Waals surface area (Å²) in [5, 5.41) is 0. The summed E-state index contributed by atoms with van der Waals surface area (Å²) in [4.78, 5) is 13.7. The largest absolute Gasteiger partial charge is 0.376 e. The third kappa shape index (κ3) is 4.03. The highest BCUT2D eigenvalue weighted by molar-refractivity contribution is 5.44. The first kappa shape index (κ1) is 17.4. The molecule has 26 heavy (non-hydrogen) atoms. The molecule has 6 heteroatoms. The molecule has 1 spiro atoms. The van der Waals surface area contributed by atoms with Crippen molar-refractivity contribution in [2.45, 2.75) is 19.1 Å². The van der Waals surface area contributed by atoms with Crippen LogP contribution in [-0.4, -0.2) is 66.5 Å². The highest BCUT2D eigenvalue weighted by atomic mass is 16.5. The van der Waals surface area contributed by atoms with Gasteiger partial charge in [0.15, 0.2) is 0 Å². The van der Waals surface area contributed by atoms with E-state index >= 15 is 0 Å². The average Bonchev–Trinajstić information content (AvgIpc) is 2.85. The van der Waals surface area contributed by atoms with Crippen LogP contribution in [0, 0.1) is 6.92 Å². The molecule has 1 unspecified atom stereocenters. The fourth-order valence-electron chi connectivity index (χ4n) is 3.82. The third-order valence-electron chi connectivity index (χ3n) is 5.02. The molecule has 2 aromatic rings. The topological polar surface area (TPSA) is 50.7 Å². The number of hydrogen-bond donors (Lipinski definition) is 0. The Bertz CT molecular complexity index is 727. The maximum absolute atomic E-state index is 6.28. The first-order valence-corrected chi connectivity index (χ1v) is 9.24. The second-order valence-electron chi connectivity index (χ2n) is 7.20. The summed E-state index contributed by atoms with van der Waals surface area (Å²) in [6.45, 7) is 8.38. The van der Waals surface area contributed by atoms with Crippen LogP contribution in [0.25, 0.3) is 0 Å². The first-order valence-electron chi connectivity index (χ1n) is 9.24. The summed E-state index contributed by atoms with van der Waals surface area (Å²) in [7, 11) is 0. The molecular formula is C20H26N4O2. The molecule has 4 heterocycles. The molecule has 2 aliphatic heterocycles. The normalized spacial score (nSPS) is 24.6. The van der Waals surface area contributed by atoms with E-state index in [0.717, 1.165) is 56.4 Å². The smallest absolute Gasteiger partial charge is 0.121 e. The molecule has 0 aliphatic carbocycles. The van der Waals surface area contributed by atoms with Gasteiger partial charge in [-0.1, -0.05) is 6.07 Å². The zero-order chi connectivity index (χ0) is 17.8. The Balaban J connectivity index is 1.49. The predicted molar refractivity (Wildman–Crippen MR) is 100 cm³/mol. The second kappa shape index (κ2) is 7.70. The van der Waals surface area contributed by atoms with Gasteiger partial charge < -0.3 is 14.4 Å². The van der Waals surface area contributed by atoms with Crippen LogP contribution in [0.5, 0.6) is 0 Å². The lowest BCUT2D eigenvalue weighted by atomic mass is 10.0. The van der Waals surface area contributed by atoms with E-state index in [1.807, 2.05) is 25.3 Å². The van der Waals surface area contributed by atoms with Crippen molar-refractivity contribution in [1.82, 2.24) is 14.9 Å². The van der Waals surface area contributed by atoms with Crippen LogP contribution in [0.15, 0.2) is 42.7 Å². The number of hydrogen-bond acceptors (Lipinski definition) is 6. The molecule has 0 radical (unpaired) electrons. The Hall–Kier alpha value is -2.02. The molecule has 0 bridgehead atoms. The Morgan fingerprint density at radius 2 is 2.08 bits per heavy atom. The van der Waals surface area contributed by atoms with Gasteiger partial charge >= 0.3 is 0 Å². The molecule has 2 aliphatic rings. The maximum Gasteiger partial charge on any atom is 0.121 e. The monoisotopic (exact) mass is 354 g/mol. The van der Waals surface area contributed by atoms with Crippen molar-refractivity contribution in [2.24, 2.45) is 0 Å². The fraction of sp³-hybridized carbons (Fsp3) is 0.500. The van der Waals surface area contributed by atoms with Gasteiger partial charge in [0.1, 0.15) is 5.60 Å². The van der Waals surface area contributed by atoms with Gasteiger partial charge in [0.25, 0.3) is 0 Å². The second-order valence-corrected chi connectivity index (χ2v) is 7.20. The SMILES string of the molecule is Cc1cccc(CN2CCOC3(COCCN(c4cccnc4)C3)C2)n1. The number of aromatic nitrogens is 2. The lowest BCUT2D eigenvalue weighted by Crippen LogP contribution is -2.58. The number of pyridine rings is 2. The maximum atomic E-state index is 6.28. The molecule has 0 N–H and O–H groups in total. The van der Waals surface area contributed by atoms with Gasteiger partial charge in [-0.3, -0.25) is 14.9 Å². The molecule has 0 saturated carbocycles. The van der Waals surface area contributed by atoms with Gasteiger partial charge in [-0.25, -0.2) is 0 Å². The van der Waals surface area contributed by atoms with E-state index in [1.165, 1.54) is 0 Å². The van der Waals surface area contributed by atoms with Crippen molar-refractivity contribution in [3.05, 3.63) is 54.1 Å². The van der Waals surface area contributed by atoms with Crippen LogP contribution in [-0.2, 0) is 16.0 Å². The van der Waals surface area contributed by atoms with Gasteiger partial charge in [0.05, 0.1) is 43.9 Å². The van der Waals surface area contributed by atoms with Gasteiger partial charge in [0.2, 0.25) is 0 Å². The molecular weight excluding hydrogens is 328 g/mol. The molecule has 2 saturated heterocycles. The molecule has 138 valence electrons. The number of nitrogens with zero attached hydrogens (tertiary/aromatic N) is 4. The Kier molecular flexibility index (Phi) is 5.15. The summed E-state index contributed by atoms with van der Waals surface area (Å²) < 4.78 is 12.2. The summed E-state index contributed by atoms with van der Waals surface area (Å²) in [5.74, 6) is 0. The first-order chi connectivity index (χ1) is 12.7. The Morgan fingerprint density at radius 3 is 2.92 bits per heavy atom. The Morgan fingerprint density at radius 1 is 1.12 bits per heavy atom. The number of rotatable bonds is 3. The van der Waals surface area contributed by atoms with E-state index in [-0.39, 0.29) is 5.60 Å². The molecule has 4 rings (SSSR count). The average molecular weight is 354 g/mol. The van der Waals surface area contributed by atoms with Crippen molar-refractivity contribution < 1.29 is 9.47 Å². The van der Waals surface area contributed by atoms with Crippen LogP contribution in [0.4, 0.5) is 5.69 Å². The highest BCUT2D eigenvalue weighted by Gasteiger charge is 2.40. The Labute approximate surface area is 154 Å². The zero-order valence-electron chi connectivity index (χ0n) is 15.3. The van der Waals surface area contributed by atoms with Crippen LogP contribution < -0.4 is 4.90 Å². The summed E-state index contributed by atoms with van der Waals surface area (Å²) >= 11 is 0. The van der Waals surface area contributed by atoms with Crippen molar-refractivity contribution in [3.8, 4) is 0 Å². The molecule has 2 fully saturated rings. The summed E-state index contributed by atoms with van der Waals surface area (Å²) in [6, 6.07) is 10.3. The number of anilines is 1. The van der Waals surface area contributed by atoms with E-state index in [0.29, 0.717) is 13.2 Å². The van der Waals surface area contributed by atoms with E-state index in [9.17, 15) is 0 Å². The van der Waals surface area contributed by atoms with E-state index in [2.05, 4.69) is 38.0 Å². The van der Waals surface area contributed by atoms with Gasteiger partial charge in [-0.2, -0.15) is 0 Å². The fourth-order valence-corrected chi connectivity index (χ4v) is 3.82. The van der Waals surface area contributed by atoms with Crippen LogP contribution in [0.2, 0.25) is 0 Å². The molecule has 2 aromatic heterocycles. The summed E-state index contributed by atoms with van der Waals surface area (Å²) in [5.41, 5.74) is 2.99. The van der Waals surface area contributed by atoms with Crippen molar-refractivity contribution in [2.75, 3.05) is 50.9 Å². The lowest BCUT2D eigenvalue weighted by Gasteiger charge is -2.43. The van der Waals surface area contributed by atoms with Crippen LogP contribution >= 0.6 is 0 Å². The highest BCUT2D eigenvalue weighted by Crippen LogP contribution is 2.26. The van der Waals surface area contributed by atoms with Gasteiger partial charge in [0, 0.05) is 38.1 Å². The molecule has 6 nitrogen and oxygen atoms in total. The molecule has 1 atom stereocenters. The van der Waals surface area contributed by atoms with Crippen molar-refractivity contribution in [3.63, 3.8) is 0 Å². The number of ether oxygens (including phenoxy) is 2.